The molecule has 6 nitrogen and oxygen atoms in total. The summed E-state index contributed by atoms with van der Waals surface area (Å²) < 4.78 is 46.4. The number of fused-ring (bicyclic) bond motifs is 2. The zero-order chi connectivity index (χ0) is 29.6. The molecule has 2 fully saturated rings. The summed E-state index contributed by atoms with van der Waals surface area (Å²) in [5, 5.41) is 0.886. The summed E-state index contributed by atoms with van der Waals surface area (Å²) >= 11 is 0. The smallest absolute Gasteiger partial charge is 0.376 e. The van der Waals surface area contributed by atoms with Crippen LogP contribution in [0.15, 0.2) is 54.7 Å². The standard InChI is InChI=1S/C33H39F3N4O2/c1-4-42-29-20-23-19-24(33(34,35)36)10-11-25(23)30(29)40-18-17-39(21-22(40)2)32(3)12-15-38(16-13-32)31(41)27-7-5-9-28-26(27)8-6-14-37-28/h5-11,14,19,22,29-30H,4,12-13,15-18,20-21H2,1-3H3/t22-,29+,30+/m0/s1. The van der Waals surface area contributed by atoms with Gasteiger partial charge in [-0.05, 0) is 75.1 Å². The fourth-order valence-electron chi connectivity index (χ4n) is 7.38. The Bertz CT molecular complexity index is 1450. The normalized spacial score (nSPS) is 25.1. The lowest BCUT2D eigenvalue weighted by Crippen LogP contribution is -2.62. The van der Waals surface area contributed by atoms with Crippen molar-refractivity contribution in [3.63, 3.8) is 0 Å². The van der Waals surface area contributed by atoms with Gasteiger partial charge in [0.25, 0.3) is 5.91 Å². The van der Waals surface area contributed by atoms with E-state index in [1.54, 1.807) is 12.3 Å². The van der Waals surface area contributed by atoms with Gasteiger partial charge in [0.2, 0.25) is 0 Å². The molecular formula is C33H39F3N4O2. The Morgan fingerprint density at radius 1 is 1.07 bits per heavy atom. The Labute approximate surface area is 245 Å². The van der Waals surface area contributed by atoms with E-state index in [1.165, 1.54) is 12.1 Å². The second-order valence-electron chi connectivity index (χ2n) is 12.3. The Kier molecular flexibility index (Phi) is 7.79. The molecule has 3 atom stereocenters. The van der Waals surface area contributed by atoms with Gasteiger partial charge < -0.3 is 9.64 Å². The van der Waals surface area contributed by atoms with Crippen LogP contribution in [0.3, 0.4) is 0 Å². The first-order valence-electron chi connectivity index (χ1n) is 15.0. The molecule has 0 bridgehead atoms. The highest BCUT2D eigenvalue weighted by atomic mass is 19.4. The van der Waals surface area contributed by atoms with Gasteiger partial charge in [-0.25, -0.2) is 0 Å². The molecule has 0 N–H and O–H groups in total. The number of piperazine rings is 1. The molecule has 42 heavy (non-hydrogen) atoms. The van der Waals surface area contributed by atoms with Crippen LogP contribution in [0.2, 0.25) is 0 Å². The van der Waals surface area contributed by atoms with E-state index in [9.17, 15) is 18.0 Å². The summed E-state index contributed by atoms with van der Waals surface area (Å²) in [6.45, 7) is 10.9. The third-order valence-corrected chi connectivity index (χ3v) is 9.75. The van der Waals surface area contributed by atoms with Crippen molar-refractivity contribution in [1.29, 1.82) is 0 Å². The zero-order valence-electron chi connectivity index (χ0n) is 24.5. The van der Waals surface area contributed by atoms with E-state index in [0.29, 0.717) is 31.7 Å². The minimum Gasteiger partial charge on any atom is -0.376 e. The van der Waals surface area contributed by atoms with Crippen molar-refractivity contribution in [3.05, 3.63) is 77.0 Å². The van der Waals surface area contributed by atoms with Crippen LogP contribution >= 0.6 is 0 Å². The van der Waals surface area contributed by atoms with Gasteiger partial charge in [0.15, 0.2) is 0 Å². The molecule has 2 aliphatic heterocycles. The topological polar surface area (TPSA) is 48.9 Å². The van der Waals surface area contributed by atoms with Crippen LogP contribution in [-0.2, 0) is 17.3 Å². The lowest BCUT2D eigenvalue weighted by Gasteiger charge is -2.53. The maximum Gasteiger partial charge on any atom is 0.416 e. The molecule has 0 saturated carbocycles. The number of ether oxygens (including phenoxy) is 1. The van der Waals surface area contributed by atoms with E-state index in [4.69, 9.17) is 4.74 Å². The van der Waals surface area contributed by atoms with Crippen molar-refractivity contribution >= 4 is 16.8 Å². The van der Waals surface area contributed by atoms with Gasteiger partial charge in [0.1, 0.15) is 0 Å². The number of pyridine rings is 1. The summed E-state index contributed by atoms with van der Waals surface area (Å²) in [6.07, 6.45) is -0.481. The number of alkyl halides is 3. The number of aromatic nitrogens is 1. The van der Waals surface area contributed by atoms with Crippen molar-refractivity contribution in [3.8, 4) is 0 Å². The number of carbonyl (C=O) groups excluding carboxylic acids is 1. The first kappa shape index (κ1) is 29.1. The van der Waals surface area contributed by atoms with E-state index < -0.39 is 11.7 Å². The average molecular weight is 581 g/mol. The van der Waals surface area contributed by atoms with E-state index in [0.717, 1.165) is 54.5 Å². The van der Waals surface area contributed by atoms with Crippen LogP contribution in [0.25, 0.3) is 10.9 Å². The van der Waals surface area contributed by atoms with E-state index >= 15 is 0 Å². The minimum absolute atomic E-state index is 0.0219. The lowest BCUT2D eigenvalue weighted by atomic mass is 9.86. The lowest BCUT2D eigenvalue weighted by molar-refractivity contribution is -0.137. The number of amides is 1. The van der Waals surface area contributed by atoms with Gasteiger partial charge in [-0.15, -0.1) is 0 Å². The number of hydrogen-bond acceptors (Lipinski definition) is 5. The monoisotopic (exact) mass is 580 g/mol. The number of hydrogen-bond donors (Lipinski definition) is 0. The van der Waals surface area contributed by atoms with Crippen LogP contribution in [0.4, 0.5) is 13.2 Å². The van der Waals surface area contributed by atoms with Crippen LogP contribution in [0.1, 0.15) is 66.7 Å². The average Bonchev–Trinajstić information content (AvgIpc) is 3.33. The molecule has 0 radical (unpaired) electrons. The summed E-state index contributed by atoms with van der Waals surface area (Å²) in [7, 11) is 0. The zero-order valence-corrected chi connectivity index (χ0v) is 24.5. The quantitative estimate of drug-likeness (QED) is 0.373. The molecule has 3 aliphatic rings. The van der Waals surface area contributed by atoms with Gasteiger partial charge >= 0.3 is 6.18 Å². The molecule has 1 aliphatic carbocycles. The van der Waals surface area contributed by atoms with Gasteiger partial charge in [-0.1, -0.05) is 18.2 Å². The third-order valence-electron chi connectivity index (χ3n) is 9.75. The van der Waals surface area contributed by atoms with Crippen molar-refractivity contribution < 1.29 is 22.7 Å². The Morgan fingerprint density at radius 3 is 2.57 bits per heavy atom. The largest absolute Gasteiger partial charge is 0.416 e. The molecule has 2 saturated heterocycles. The van der Waals surface area contributed by atoms with Gasteiger partial charge in [-0.2, -0.15) is 13.2 Å². The maximum atomic E-state index is 13.5. The van der Waals surface area contributed by atoms with Crippen LogP contribution in [0.5, 0.6) is 0 Å². The Balaban J connectivity index is 1.13. The summed E-state index contributed by atoms with van der Waals surface area (Å²) in [5.41, 5.74) is 2.62. The van der Waals surface area contributed by atoms with E-state index in [2.05, 4.69) is 28.6 Å². The molecule has 6 rings (SSSR count). The number of benzene rings is 2. The van der Waals surface area contributed by atoms with Gasteiger partial charge in [0.05, 0.1) is 23.2 Å². The van der Waals surface area contributed by atoms with Crippen molar-refractivity contribution in [1.82, 2.24) is 19.7 Å². The molecular weight excluding hydrogens is 541 g/mol. The molecule has 224 valence electrons. The second-order valence-corrected chi connectivity index (χ2v) is 12.3. The number of nitrogens with zero attached hydrogens (tertiary/aromatic N) is 4. The van der Waals surface area contributed by atoms with Crippen molar-refractivity contribution in [2.24, 2.45) is 0 Å². The fraction of sp³-hybridized carbons (Fsp3) is 0.515. The van der Waals surface area contributed by atoms with Crippen molar-refractivity contribution in [2.75, 3.05) is 39.3 Å². The highest BCUT2D eigenvalue weighted by molar-refractivity contribution is 6.06. The molecule has 0 spiro atoms. The third kappa shape index (κ3) is 5.31. The summed E-state index contributed by atoms with van der Waals surface area (Å²) in [4.78, 5) is 24.9. The minimum atomic E-state index is -4.35. The molecule has 2 aromatic carbocycles. The Morgan fingerprint density at radius 2 is 1.86 bits per heavy atom. The van der Waals surface area contributed by atoms with Crippen molar-refractivity contribution in [2.45, 2.75) is 69.9 Å². The predicted molar refractivity (Wildman–Crippen MR) is 156 cm³/mol. The van der Waals surface area contributed by atoms with E-state index in [1.807, 2.05) is 42.2 Å². The highest BCUT2D eigenvalue weighted by Crippen LogP contribution is 2.43. The molecule has 3 aromatic rings. The molecule has 9 heteroatoms. The SMILES string of the molecule is CCO[C@@H]1Cc2cc(C(F)(F)F)ccc2[C@H]1N1CCN(C2(C)CCN(C(=O)c3cccc4ncccc34)CC2)C[C@@H]1C. The molecule has 0 unspecified atom stereocenters. The number of rotatable bonds is 5. The van der Waals surface area contributed by atoms with Crippen LogP contribution in [-0.4, -0.2) is 82.6 Å². The first-order valence-corrected chi connectivity index (χ1v) is 15.0. The number of likely N-dealkylation sites (tertiary alicyclic amines) is 1. The van der Waals surface area contributed by atoms with Gasteiger partial charge in [-0.3, -0.25) is 19.6 Å². The summed E-state index contributed by atoms with van der Waals surface area (Å²) in [6, 6.07) is 13.9. The second kappa shape index (κ2) is 11.2. The van der Waals surface area contributed by atoms with Crippen LogP contribution < -0.4 is 0 Å². The molecule has 1 amide bonds. The molecule has 3 heterocycles. The number of halogens is 3. The number of carbonyl (C=O) groups is 1. The highest BCUT2D eigenvalue weighted by Gasteiger charge is 2.45. The molecule has 1 aromatic heterocycles. The number of piperidine rings is 1. The van der Waals surface area contributed by atoms with Crippen LogP contribution in [0, 0.1) is 0 Å². The Hall–Kier alpha value is -3.01. The van der Waals surface area contributed by atoms with E-state index in [-0.39, 0.29) is 29.6 Å². The predicted octanol–water partition coefficient (Wildman–Crippen LogP) is 5.96. The summed E-state index contributed by atoms with van der Waals surface area (Å²) in [5.74, 6) is 0.0596. The first-order chi connectivity index (χ1) is 20.1. The maximum absolute atomic E-state index is 13.5. The van der Waals surface area contributed by atoms with Gasteiger partial charge in [0, 0.05) is 74.5 Å². The fourth-order valence-corrected chi connectivity index (χ4v) is 7.38.